The van der Waals surface area contributed by atoms with Gasteiger partial charge in [0.1, 0.15) is 0 Å². The molecule has 2 aliphatic rings. The fraction of sp³-hybridized carbons (Fsp3) is 0.652. The molecule has 3 nitrogen and oxygen atoms in total. The van der Waals surface area contributed by atoms with Crippen molar-refractivity contribution >= 4 is 11.8 Å². The van der Waals surface area contributed by atoms with E-state index in [1.807, 2.05) is 6.07 Å². The quantitative estimate of drug-likeness (QED) is 0.661. The first-order valence-electron chi connectivity index (χ1n) is 10.3. The second kappa shape index (κ2) is 9.89. The van der Waals surface area contributed by atoms with Crippen LogP contribution in [0.3, 0.4) is 0 Å². The lowest BCUT2D eigenvalue weighted by molar-refractivity contribution is -0.140. The molecular formula is C23H35NO2. The van der Waals surface area contributed by atoms with Crippen LogP contribution in [-0.2, 0) is 9.59 Å². The molecule has 1 aliphatic carbocycles. The maximum atomic E-state index is 12.1. The summed E-state index contributed by atoms with van der Waals surface area (Å²) in [5.74, 6) is 1.58. The summed E-state index contributed by atoms with van der Waals surface area (Å²) < 4.78 is 0. The van der Waals surface area contributed by atoms with Gasteiger partial charge in [0.25, 0.3) is 0 Å². The second-order valence-electron chi connectivity index (χ2n) is 8.43. The Labute approximate surface area is 159 Å². The smallest absolute Gasteiger partial charge is 0.233 e. The Morgan fingerprint density at radius 3 is 1.88 bits per heavy atom. The first-order valence-corrected chi connectivity index (χ1v) is 10.3. The van der Waals surface area contributed by atoms with E-state index in [0.29, 0.717) is 18.4 Å². The summed E-state index contributed by atoms with van der Waals surface area (Å²) in [5.41, 5.74) is 1.41. The number of imide groups is 1. The zero-order valence-corrected chi connectivity index (χ0v) is 16.9. The van der Waals surface area contributed by atoms with E-state index in [2.05, 4.69) is 52.0 Å². The van der Waals surface area contributed by atoms with Crippen LogP contribution < -0.4 is 0 Å². The van der Waals surface area contributed by atoms with Gasteiger partial charge in [-0.3, -0.25) is 14.5 Å². The Morgan fingerprint density at radius 1 is 0.923 bits per heavy atom. The Bertz CT molecular complexity index is 555. The van der Waals surface area contributed by atoms with Crippen LogP contribution in [0.15, 0.2) is 30.3 Å². The molecule has 3 heteroatoms. The van der Waals surface area contributed by atoms with Gasteiger partial charge in [-0.25, -0.2) is 0 Å². The minimum Gasteiger partial charge on any atom is -0.282 e. The van der Waals surface area contributed by atoms with Crippen molar-refractivity contribution < 1.29 is 9.59 Å². The number of rotatable bonds is 5. The van der Waals surface area contributed by atoms with Gasteiger partial charge in [0.15, 0.2) is 0 Å². The molecular weight excluding hydrogens is 322 g/mol. The van der Waals surface area contributed by atoms with E-state index in [4.69, 9.17) is 0 Å². The van der Waals surface area contributed by atoms with Crippen molar-refractivity contribution in [2.45, 2.75) is 72.1 Å². The van der Waals surface area contributed by atoms with Gasteiger partial charge in [-0.15, -0.1) is 0 Å². The van der Waals surface area contributed by atoms with E-state index in [1.54, 1.807) is 4.90 Å². The van der Waals surface area contributed by atoms with Gasteiger partial charge in [-0.05, 0) is 43.1 Å². The van der Waals surface area contributed by atoms with Crippen LogP contribution in [0.4, 0.5) is 0 Å². The number of likely N-dealkylation sites (tertiary alicyclic amines) is 1. The molecule has 144 valence electrons. The number of hydrogen-bond donors (Lipinski definition) is 0. The average molecular weight is 358 g/mol. The number of nitrogens with zero attached hydrogens (tertiary/aromatic N) is 1. The molecule has 0 N–H and O–H groups in total. The summed E-state index contributed by atoms with van der Waals surface area (Å²) in [4.78, 5) is 25.8. The van der Waals surface area contributed by atoms with Crippen LogP contribution in [0, 0.1) is 17.8 Å². The molecule has 1 aliphatic heterocycles. The highest BCUT2D eigenvalue weighted by molar-refractivity contribution is 6.05. The average Bonchev–Trinajstić information content (AvgIpc) is 2.88. The van der Waals surface area contributed by atoms with Crippen molar-refractivity contribution in [1.29, 1.82) is 0 Å². The normalized spacial score (nSPS) is 22.5. The van der Waals surface area contributed by atoms with E-state index >= 15 is 0 Å². The predicted octanol–water partition coefficient (Wildman–Crippen LogP) is 5.41. The van der Waals surface area contributed by atoms with Gasteiger partial charge in [-0.2, -0.15) is 0 Å². The molecule has 3 rings (SSSR count). The van der Waals surface area contributed by atoms with Gasteiger partial charge < -0.3 is 0 Å². The molecule has 2 unspecified atom stereocenters. The maximum Gasteiger partial charge on any atom is 0.233 e. The lowest BCUT2D eigenvalue weighted by atomic mass is 9.81. The van der Waals surface area contributed by atoms with E-state index in [9.17, 15) is 9.59 Å². The van der Waals surface area contributed by atoms with Gasteiger partial charge >= 0.3 is 0 Å². The number of carbonyl (C=O) groups is 2. The SMILES string of the molecule is CC(C)CCCN1C(=O)C2CCCCC2C1=O.CC(C)c1ccccc1. The number of fused-ring (bicyclic) bond motifs is 1. The number of amides is 2. The van der Waals surface area contributed by atoms with Crippen molar-refractivity contribution in [2.75, 3.05) is 6.54 Å². The van der Waals surface area contributed by atoms with Crippen molar-refractivity contribution in [3.63, 3.8) is 0 Å². The monoisotopic (exact) mass is 357 g/mol. The fourth-order valence-corrected chi connectivity index (χ4v) is 3.95. The summed E-state index contributed by atoms with van der Waals surface area (Å²) in [6.07, 6.45) is 6.12. The van der Waals surface area contributed by atoms with E-state index in [1.165, 1.54) is 5.56 Å². The third-order valence-electron chi connectivity index (χ3n) is 5.56. The Hall–Kier alpha value is -1.64. The minimum atomic E-state index is 0.0234. The third-order valence-corrected chi connectivity index (χ3v) is 5.56. The summed E-state index contributed by atoms with van der Waals surface area (Å²) >= 11 is 0. The van der Waals surface area contributed by atoms with E-state index in [-0.39, 0.29) is 23.7 Å². The molecule has 1 aromatic carbocycles. The Balaban J connectivity index is 0.000000228. The molecule has 26 heavy (non-hydrogen) atoms. The zero-order valence-electron chi connectivity index (χ0n) is 16.9. The van der Waals surface area contributed by atoms with Crippen LogP contribution in [0.2, 0.25) is 0 Å². The molecule has 0 spiro atoms. The highest BCUT2D eigenvalue weighted by atomic mass is 16.2. The van der Waals surface area contributed by atoms with E-state index < -0.39 is 0 Å². The van der Waals surface area contributed by atoms with Crippen LogP contribution in [0.1, 0.15) is 77.7 Å². The molecule has 2 amide bonds. The Morgan fingerprint density at radius 2 is 1.46 bits per heavy atom. The molecule has 1 saturated carbocycles. The van der Waals surface area contributed by atoms with Crippen LogP contribution in [0.5, 0.6) is 0 Å². The summed E-state index contributed by atoms with van der Waals surface area (Å²) in [6, 6.07) is 10.5. The zero-order chi connectivity index (χ0) is 19.1. The Kier molecular flexibility index (Phi) is 7.86. The predicted molar refractivity (Wildman–Crippen MR) is 107 cm³/mol. The molecule has 0 radical (unpaired) electrons. The highest BCUT2D eigenvalue weighted by Gasteiger charge is 2.47. The van der Waals surface area contributed by atoms with E-state index in [0.717, 1.165) is 38.5 Å². The van der Waals surface area contributed by atoms with Crippen molar-refractivity contribution in [1.82, 2.24) is 4.90 Å². The first kappa shape index (κ1) is 20.7. The number of hydrogen-bond acceptors (Lipinski definition) is 2. The molecule has 1 heterocycles. The topological polar surface area (TPSA) is 37.4 Å². The summed E-state index contributed by atoms with van der Waals surface area (Å²) in [5, 5.41) is 0. The standard InChI is InChI=1S/C14H23NO2.C9H12/c1-10(2)6-5-9-15-13(16)11-7-3-4-8-12(11)14(15)17;1-8(2)9-6-4-3-5-7-9/h10-12H,3-9H2,1-2H3;3-8H,1-2H3. The lowest BCUT2D eigenvalue weighted by Gasteiger charge is -2.19. The van der Waals surface area contributed by atoms with Gasteiger partial charge in [-0.1, -0.05) is 70.9 Å². The minimum absolute atomic E-state index is 0.0234. The molecule has 0 aromatic heterocycles. The van der Waals surface area contributed by atoms with Crippen LogP contribution in [-0.4, -0.2) is 23.3 Å². The van der Waals surface area contributed by atoms with Crippen LogP contribution in [0.25, 0.3) is 0 Å². The summed E-state index contributed by atoms with van der Waals surface area (Å²) in [7, 11) is 0. The van der Waals surface area contributed by atoms with Gasteiger partial charge in [0.05, 0.1) is 11.8 Å². The van der Waals surface area contributed by atoms with Crippen molar-refractivity contribution in [2.24, 2.45) is 17.8 Å². The van der Waals surface area contributed by atoms with Gasteiger partial charge in [0.2, 0.25) is 11.8 Å². The number of carbonyl (C=O) groups excluding carboxylic acids is 2. The highest BCUT2D eigenvalue weighted by Crippen LogP contribution is 2.38. The maximum absolute atomic E-state index is 12.1. The third kappa shape index (κ3) is 5.43. The molecule has 2 atom stereocenters. The van der Waals surface area contributed by atoms with Gasteiger partial charge in [0, 0.05) is 6.54 Å². The molecule has 0 bridgehead atoms. The lowest BCUT2D eigenvalue weighted by Crippen LogP contribution is -2.32. The van der Waals surface area contributed by atoms with Crippen LogP contribution >= 0.6 is 0 Å². The van der Waals surface area contributed by atoms with Crippen molar-refractivity contribution in [3.8, 4) is 0 Å². The molecule has 1 aromatic rings. The summed E-state index contributed by atoms with van der Waals surface area (Å²) in [6.45, 7) is 9.40. The fourth-order valence-electron chi connectivity index (χ4n) is 3.95. The molecule has 2 fully saturated rings. The second-order valence-corrected chi connectivity index (χ2v) is 8.43. The largest absolute Gasteiger partial charge is 0.282 e. The molecule has 1 saturated heterocycles. The van der Waals surface area contributed by atoms with Crippen molar-refractivity contribution in [3.05, 3.63) is 35.9 Å². The number of benzene rings is 1. The first-order chi connectivity index (χ1) is 12.4.